The summed E-state index contributed by atoms with van der Waals surface area (Å²) in [7, 11) is 1.66. The number of benzene rings is 1. The van der Waals surface area contributed by atoms with Gasteiger partial charge in [-0.1, -0.05) is 13.0 Å². The lowest BCUT2D eigenvalue weighted by Gasteiger charge is -2.04. The molecule has 20 heavy (non-hydrogen) atoms. The lowest BCUT2D eigenvalue weighted by molar-refractivity contribution is 0.411. The highest BCUT2D eigenvalue weighted by molar-refractivity contribution is 5.57. The van der Waals surface area contributed by atoms with Crippen LogP contribution < -0.4 is 10.1 Å². The highest BCUT2D eigenvalue weighted by Crippen LogP contribution is 2.25. The maximum absolute atomic E-state index is 5.67. The van der Waals surface area contributed by atoms with Gasteiger partial charge in [-0.25, -0.2) is 0 Å². The van der Waals surface area contributed by atoms with Crippen molar-refractivity contribution >= 4 is 0 Å². The maximum Gasteiger partial charge on any atom is 0.247 e. The molecule has 0 unspecified atom stereocenters. The van der Waals surface area contributed by atoms with Gasteiger partial charge in [-0.15, -0.1) is 10.2 Å². The monoisotopic (exact) mass is 275 g/mol. The van der Waals surface area contributed by atoms with Gasteiger partial charge in [0.2, 0.25) is 11.8 Å². The molecule has 0 saturated carbocycles. The van der Waals surface area contributed by atoms with Crippen molar-refractivity contribution in [1.29, 1.82) is 0 Å². The molecule has 0 aliphatic rings. The van der Waals surface area contributed by atoms with Crippen LogP contribution in [0.3, 0.4) is 0 Å². The van der Waals surface area contributed by atoms with E-state index < -0.39 is 0 Å². The van der Waals surface area contributed by atoms with Crippen LogP contribution in [0, 0.1) is 6.92 Å². The predicted molar refractivity (Wildman–Crippen MR) is 77.9 cm³/mol. The third-order valence-electron chi connectivity index (χ3n) is 3.06. The van der Waals surface area contributed by atoms with Crippen LogP contribution in [0.2, 0.25) is 0 Å². The van der Waals surface area contributed by atoms with Gasteiger partial charge in [-0.2, -0.15) is 0 Å². The summed E-state index contributed by atoms with van der Waals surface area (Å²) in [4.78, 5) is 0. The van der Waals surface area contributed by atoms with Crippen LogP contribution in [0.1, 0.15) is 24.8 Å². The zero-order chi connectivity index (χ0) is 14.4. The smallest absolute Gasteiger partial charge is 0.247 e. The van der Waals surface area contributed by atoms with Gasteiger partial charge >= 0.3 is 0 Å². The Kier molecular flexibility index (Phi) is 5.12. The van der Waals surface area contributed by atoms with Gasteiger partial charge in [-0.05, 0) is 37.6 Å². The molecule has 2 rings (SSSR count). The molecule has 2 aromatic rings. The van der Waals surface area contributed by atoms with E-state index >= 15 is 0 Å². The molecule has 0 saturated heterocycles. The molecule has 0 radical (unpaired) electrons. The first kappa shape index (κ1) is 14.5. The molecule has 0 spiro atoms. The van der Waals surface area contributed by atoms with Crippen LogP contribution >= 0.6 is 0 Å². The normalized spacial score (nSPS) is 10.8. The van der Waals surface area contributed by atoms with Crippen molar-refractivity contribution in [3.63, 3.8) is 0 Å². The highest BCUT2D eigenvalue weighted by Gasteiger charge is 2.10. The number of aryl methyl sites for hydroxylation is 1. The first-order valence-corrected chi connectivity index (χ1v) is 6.92. The van der Waals surface area contributed by atoms with Crippen molar-refractivity contribution in [2.75, 3.05) is 20.2 Å². The van der Waals surface area contributed by atoms with Crippen molar-refractivity contribution in [3.05, 3.63) is 29.7 Å². The van der Waals surface area contributed by atoms with E-state index in [1.165, 1.54) is 0 Å². The minimum absolute atomic E-state index is 0.536. The number of hydrogen-bond donors (Lipinski definition) is 1. The zero-order valence-electron chi connectivity index (χ0n) is 12.3. The van der Waals surface area contributed by atoms with Crippen LogP contribution in [0.5, 0.6) is 5.75 Å². The van der Waals surface area contributed by atoms with Crippen molar-refractivity contribution in [1.82, 2.24) is 15.5 Å². The Morgan fingerprint density at radius 1 is 1.25 bits per heavy atom. The Hall–Kier alpha value is -1.88. The van der Waals surface area contributed by atoms with Crippen molar-refractivity contribution in [2.45, 2.75) is 26.7 Å². The van der Waals surface area contributed by atoms with Crippen LogP contribution in [-0.2, 0) is 6.42 Å². The van der Waals surface area contributed by atoms with Crippen molar-refractivity contribution < 1.29 is 9.15 Å². The molecule has 0 aliphatic heterocycles. The van der Waals surface area contributed by atoms with Gasteiger partial charge in [-0.3, -0.25) is 0 Å². The average Bonchev–Trinajstić information content (AvgIpc) is 2.93. The standard InChI is InChI=1S/C15H21N3O2/c1-4-8-16-9-7-14-17-18-15(20-14)12-6-5-11(2)13(10-12)19-3/h5-6,10,16H,4,7-9H2,1-3H3. The molecule has 108 valence electrons. The molecule has 5 heteroatoms. The number of rotatable bonds is 7. The molecule has 1 N–H and O–H groups in total. The second kappa shape index (κ2) is 7.05. The summed E-state index contributed by atoms with van der Waals surface area (Å²) >= 11 is 0. The van der Waals surface area contributed by atoms with Gasteiger partial charge in [0.05, 0.1) is 7.11 Å². The quantitative estimate of drug-likeness (QED) is 0.787. The average molecular weight is 275 g/mol. The topological polar surface area (TPSA) is 60.2 Å². The fourth-order valence-electron chi connectivity index (χ4n) is 1.92. The lowest BCUT2D eigenvalue weighted by Crippen LogP contribution is -2.17. The van der Waals surface area contributed by atoms with Gasteiger partial charge in [0.25, 0.3) is 0 Å². The number of nitrogens with one attached hydrogen (secondary N) is 1. The van der Waals surface area contributed by atoms with Crippen LogP contribution in [0.25, 0.3) is 11.5 Å². The Bertz CT molecular complexity index is 552. The molecule has 1 heterocycles. The number of nitrogens with zero attached hydrogens (tertiary/aromatic N) is 2. The molecule has 5 nitrogen and oxygen atoms in total. The minimum atomic E-state index is 0.536. The number of ether oxygens (including phenoxy) is 1. The third kappa shape index (κ3) is 3.57. The zero-order valence-corrected chi connectivity index (χ0v) is 12.3. The van der Waals surface area contributed by atoms with Crippen LogP contribution in [0.4, 0.5) is 0 Å². The molecule has 0 bridgehead atoms. The molecule has 1 aromatic carbocycles. The molecule has 0 atom stereocenters. The van der Waals surface area contributed by atoms with Crippen LogP contribution in [0.15, 0.2) is 22.6 Å². The summed E-state index contributed by atoms with van der Waals surface area (Å²) in [6.45, 7) is 6.01. The fourth-order valence-corrected chi connectivity index (χ4v) is 1.92. The molecule has 0 fully saturated rings. The Morgan fingerprint density at radius 2 is 2.10 bits per heavy atom. The largest absolute Gasteiger partial charge is 0.496 e. The Labute approximate surface area is 119 Å². The van der Waals surface area contributed by atoms with E-state index in [1.54, 1.807) is 7.11 Å². The summed E-state index contributed by atoms with van der Waals surface area (Å²) in [6, 6.07) is 5.87. The number of methoxy groups -OCH3 is 1. The van der Waals surface area contributed by atoms with E-state index in [0.29, 0.717) is 11.8 Å². The lowest BCUT2D eigenvalue weighted by atomic mass is 10.1. The summed E-state index contributed by atoms with van der Waals surface area (Å²) in [5.74, 6) is 2.02. The van der Waals surface area contributed by atoms with E-state index in [0.717, 1.165) is 42.8 Å². The Balaban J connectivity index is 2.04. The SMILES string of the molecule is CCCNCCc1nnc(-c2ccc(C)c(OC)c2)o1. The molecule has 1 aromatic heterocycles. The van der Waals surface area contributed by atoms with Gasteiger partial charge in [0.15, 0.2) is 0 Å². The van der Waals surface area contributed by atoms with Crippen molar-refractivity contribution in [3.8, 4) is 17.2 Å². The second-order valence-electron chi connectivity index (χ2n) is 4.69. The molecular weight excluding hydrogens is 254 g/mol. The minimum Gasteiger partial charge on any atom is -0.496 e. The second-order valence-corrected chi connectivity index (χ2v) is 4.69. The number of aromatic nitrogens is 2. The first-order chi connectivity index (χ1) is 9.74. The van der Waals surface area contributed by atoms with E-state index in [1.807, 2.05) is 25.1 Å². The summed E-state index contributed by atoms with van der Waals surface area (Å²) in [5.41, 5.74) is 1.97. The molecule has 0 aliphatic carbocycles. The number of hydrogen-bond acceptors (Lipinski definition) is 5. The molecule has 0 amide bonds. The first-order valence-electron chi connectivity index (χ1n) is 6.92. The third-order valence-corrected chi connectivity index (χ3v) is 3.06. The van der Waals surface area contributed by atoms with Gasteiger partial charge in [0, 0.05) is 18.5 Å². The molecular formula is C15H21N3O2. The summed E-state index contributed by atoms with van der Waals surface area (Å²) < 4.78 is 11.0. The van der Waals surface area contributed by atoms with Crippen LogP contribution in [-0.4, -0.2) is 30.4 Å². The van der Waals surface area contributed by atoms with E-state index in [9.17, 15) is 0 Å². The summed E-state index contributed by atoms with van der Waals surface area (Å²) in [5, 5.41) is 11.5. The van der Waals surface area contributed by atoms with Gasteiger partial charge < -0.3 is 14.5 Å². The van der Waals surface area contributed by atoms with E-state index in [4.69, 9.17) is 9.15 Å². The predicted octanol–water partition coefficient (Wildman–Crippen LogP) is 2.60. The highest BCUT2D eigenvalue weighted by atomic mass is 16.5. The van der Waals surface area contributed by atoms with Gasteiger partial charge in [0.1, 0.15) is 5.75 Å². The Morgan fingerprint density at radius 3 is 2.85 bits per heavy atom. The van der Waals surface area contributed by atoms with Crippen molar-refractivity contribution in [2.24, 2.45) is 0 Å². The fraction of sp³-hybridized carbons (Fsp3) is 0.467. The summed E-state index contributed by atoms with van der Waals surface area (Å²) in [6.07, 6.45) is 1.87. The van der Waals surface area contributed by atoms with E-state index in [2.05, 4.69) is 22.4 Å². The maximum atomic E-state index is 5.67. The van der Waals surface area contributed by atoms with E-state index in [-0.39, 0.29) is 0 Å².